The van der Waals surface area contributed by atoms with Crippen LogP contribution >= 0.6 is 0 Å². The van der Waals surface area contributed by atoms with Crippen molar-refractivity contribution in [3.05, 3.63) is 65.2 Å². The number of aryl methyl sites for hydroxylation is 1. The average molecular weight is 308 g/mol. The molecule has 2 aromatic rings. The van der Waals surface area contributed by atoms with Crippen LogP contribution in [0.1, 0.15) is 40.2 Å². The number of amides is 1. The minimum atomic E-state index is 0.0109. The molecule has 1 atom stereocenters. The van der Waals surface area contributed by atoms with E-state index in [1.54, 1.807) is 0 Å². The molecule has 3 heteroatoms. The number of benzene rings is 2. The van der Waals surface area contributed by atoms with Gasteiger partial charge in [0.1, 0.15) is 0 Å². The van der Waals surface area contributed by atoms with Crippen LogP contribution in [-0.4, -0.2) is 26.5 Å². The summed E-state index contributed by atoms with van der Waals surface area (Å²) >= 11 is 0. The largest absolute Gasteiger partial charge is 0.378 e. The molecule has 0 fully saturated rings. The first-order chi connectivity index (χ1) is 11.1. The summed E-state index contributed by atoms with van der Waals surface area (Å²) in [6.45, 7) is 0.710. The molecule has 1 aliphatic carbocycles. The Bertz CT molecular complexity index is 694. The maximum Gasteiger partial charge on any atom is 0.251 e. The first-order valence-electron chi connectivity index (χ1n) is 8.28. The molecule has 0 bridgehead atoms. The van der Waals surface area contributed by atoms with Gasteiger partial charge in [0, 0.05) is 37.8 Å². The molecule has 0 heterocycles. The van der Waals surface area contributed by atoms with Crippen LogP contribution in [0.2, 0.25) is 0 Å². The molecule has 3 rings (SSSR count). The van der Waals surface area contributed by atoms with Gasteiger partial charge in [-0.2, -0.15) is 0 Å². The topological polar surface area (TPSA) is 32.3 Å². The van der Waals surface area contributed by atoms with Crippen LogP contribution in [0.25, 0.3) is 0 Å². The van der Waals surface area contributed by atoms with Crippen molar-refractivity contribution >= 4 is 11.6 Å². The highest BCUT2D eigenvalue weighted by molar-refractivity contribution is 5.95. The Labute approximate surface area is 138 Å². The molecule has 0 aromatic heterocycles. The number of nitrogens with one attached hydrogen (secondary N) is 1. The fourth-order valence-electron chi connectivity index (χ4n) is 3.31. The summed E-state index contributed by atoms with van der Waals surface area (Å²) in [5, 5.41) is 3.12. The number of anilines is 1. The highest BCUT2D eigenvalue weighted by atomic mass is 16.1. The highest BCUT2D eigenvalue weighted by Gasteiger charge is 2.20. The molecule has 0 radical (unpaired) electrons. The molecule has 2 aromatic carbocycles. The van der Waals surface area contributed by atoms with Crippen LogP contribution < -0.4 is 10.2 Å². The van der Waals surface area contributed by atoms with Gasteiger partial charge in [-0.05, 0) is 48.6 Å². The van der Waals surface area contributed by atoms with Gasteiger partial charge in [0.05, 0.1) is 0 Å². The number of hydrogen-bond acceptors (Lipinski definition) is 2. The van der Waals surface area contributed by atoms with Gasteiger partial charge in [0.15, 0.2) is 0 Å². The van der Waals surface area contributed by atoms with Crippen LogP contribution in [0.15, 0.2) is 48.5 Å². The monoisotopic (exact) mass is 308 g/mol. The lowest BCUT2D eigenvalue weighted by Gasteiger charge is -2.25. The zero-order chi connectivity index (χ0) is 16.2. The third kappa shape index (κ3) is 3.55. The Kier molecular flexibility index (Phi) is 4.65. The summed E-state index contributed by atoms with van der Waals surface area (Å²) in [7, 11) is 3.96. The Morgan fingerprint density at radius 2 is 2.00 bits per heavy atom. The van der Waals surface area contributed by atoms with Gasteiger partial charge >= 0.3 is 0 Å². The summed E-state index contributed by atoms with van der Waals surface area (Å²) in [5.41, 5.74) is 4.61. The normalized spacial score (nSPS) is 16.5. The van der Waals surface area contributed by atoms with Gasteiger partial charge in [-0.15, -0.1) is 0 Å². The van der Waals surface area contributed by atoms with Crippen molar-refractivity contribution < 1.29 is 4.79 Å². The van der Waals surface area contributed by atoms with Crippen LogP contribution in [0, 0.1) is 0 Å². The van der Waals surface area contributed by atoms with E-state index in [1.165, 1.54) is 17.5 Å². The van der Waals surface area contributed by atoms with Gasteiger partial charge in [0.2, 0.25) is 0 Å². The molecule has 120 valence electrons. The summed E-state index contributed by atoms with van der Waals surface area (Å²) < 4.78 is 0. The van der Waals surface area contributed by atoms with Gasteiger partial charge in [-0.1, -0.05) is 30.3 Å². The summed E-state index contributed by atoms with van der Waals surface area (Å²) in [6.07, 6.45) is 3.51. The first kappa shape index (κ1) is 15.6. The second-order valence-corrected chi connectivity index (χ2v) is 6.44. The second-order valence-electron chi connectivity index (χ2n) is 6.44. The fourth-order valence-corrected chi connectivity index (χ4v) is 3.31. The molecule has 1 amide bonds. The number of hydrogen-bond donors (Lipinski definition) is 1. The lowest BCUT2D eigenvalue weighted by Crippen LogP contribution is -2.30. The van der Waals surface area contributed by atoms with Gasteiger partial charge in [-0.3, -0.25) is 4.79 Å². The summed E-state index contributed by atoms with van der Waals surface area (Å²) in [5.74, 6) is 0.442. The summed E-state index contributed by atoms with van der Waals surface area (Å²) in [4.78, 5) is 14.5. The Morgan fingerprint density at radius 3 is 2.83 bits per heavy atom. The van der Waals surface area contributed by atoms with E-state index in [4.69, 9.17) is 0 Å². The lowest BCUT2D eigenvalue weighted by molar-refractivity contribution is 0.0950. The van der Waals surface area contributed by atoms with Crippen molar-refractivity contribution in [3.8, 4) is 0 Å². The Hall–Kier alpha value is -2.29. The maximum absolute atomic E-state index is 12.4. The fraction of sp³-hybridized carbons (Fsp3) is 0.350. The molecule has 0 saturated heterocycles. The molecule has 1 N–H and O–H groups in total. The number of rotatable bonds is 4. The number of carbonyl (C=O) groups is 1. The lowest BCUT2D eigenvalue weighted by atomic mass is 9.83. The number of fused-ring (bicyclic) bond motifs is 1. The van der Waals surface area contributed by atoms with E-state index in [9.17, 15) is 4.79 Å². The van der Waals surface area contributed by atoms with E-state index in [0.29, 0.717) is 12.5 Å². The first-order valence-corrected chi connectivity index (χ1v) is 8.28. The van der Waals surface area contributed by atoms with Gasteiger partial charge in [0.25, 0.3) is 5.91 Å². The minimum Gasteiger partial charge on any atom is -0.378 e. The minimum absolute atomic E-state index is 0.0109. The van der Waals surface area contributed by atoms with Gasteiger partial charge in [-0.25, -0.2) is 0 Å². The Balaban J connectivity index is 1.67. The van der Waals surface area contributed by atoms with E-state index in [0.717, 1.165) is 24.1 Å². The van der Waals surface area contributed by atoms with Gasteiger partial charge < -0.3 is 10.2 Å². The molecular weight excluding hydrogens is 284 g/mol. The SMILES string of the molecule is CN(C)c1cccc(C(=O)NCC2CCCc3ccccc32)c1. The van der Waals surface area contributed by atoms with E-state index < -0.39 is 0 Å². The molecule has 3 nitrogen and oxygen atoms in total. The molecule has 0 aliphatic heterocycles. The van der Waals surface area contributed by atoms with Crippen molar-refractivity contribution in [1.29, 1.82) is 0 Å². The third-order valence-electron chi connectivity index (χ3n) is 4.63. The number of nitrogens with zero attached hydrogens (tertiary/aromatic N) is 1. The number of carbonyl (C=O) groups excluding carboxylic acids is 1. The van der Waals surface area contributed by atoms with Crippen LogP contribution in [0.4, 0.5) is 5.69 Å². The predicted molar refractivity (Wildman–Crippen MR) is 95.2 cm³/mol. The van der Waals surface area contributed by atoms with Crippen molar-refractivity contribution in [3.63, 3.8) is 0 Å². The van der Waals surface area contributed by atoms with Crippen molar-refractivity contribution in [2.45, 2.75) is 25.2 Å². The third-order valence-corrected chi connectivity index (χ3v) is 4.63. The molecule has 1 aliphatic rings. The Morgan fingerprint density at radius 1 is 1.17 bits per heavy atom. The van der Waals surface area contributed by atoms with Crippen molar-refractivity contribution in [2.75, 3.05) is 25.5 Å². The zero-order valence-corrected chi connectivity index (χ0v) is 13.9. The van der Waals surface area contributed by atoms with E-state index >= 15 is 0 Å². The van der Waals surface area contributed by atoms with Crippen molar-refractivity contribution in [1.82, 2.24) is 5.32 Å². The van der Waals surface area contributed by atoms with E-state index in [2.05, 4.69) is 29.6 Å². The van der Waals surface area contributed by atoms with E-state index in [1.807, 2.05) is 43.3 Å². The second kappa shape index (κ2) is 6.86. The molecule has 1 unspecified atom stereocenters. The molecule has 23 heavy (non-hydrogen) atoms. The standard InChI is InChI=1S/C20H24N2O/c1-22(2)18-11-6-9-16(13-18)20(23)21-14-17-10-5-8-15-7-3-4-12-19(15)17/h3-4,6-7,9,11-13,17H,5,8,10,14H2,1-2H3,(H,21,23). The zero-order valence-electron chi connectivity index (χ0n) is 13.9. The maximum atomic E-state index is 12.4. The average Bonchev–Trinajstić information content (AvgIpc) is 2.59. The molecule has 0 spiro atoms. The van der Waals surface area contributed by atoms with Crippen LogP contribution in [0.3, 0.4) is 0 Å². The summed E-state index contributed by atoms with van der Waals surface area (Å²) in [6, 6.07) is 16.4. The molecule has 0 saturated carbocycles. The highest BCUT2D eigenvalue weighted by Crippen LogP contribution is 2.30. The molecular formula is C20H24N2O. The van der Waals surface area contributed by atoms with Crippen LogP contribution in [0.5, 0.6) is 0 Å². The predicted octanol–water partition coefficient (Wildman–Crippen LogP) is 3.60. The van der Waals surface area contributed by atoms with Crippen molar-refractivity contribution in [2.24, 2.45) is 0 Å². The quantitative estimate of drug-likeness (QED) is 0.936. The smallest absolute Gasteiger partial charge is 0.251 e. The van der Waals surface area contributed by atoms with E-state index in [-0.39, 0.29) is 5.91 Å². The van der Waals surface area contributed by atoms with Crippen LogP contribution in [-0.2, 0) is 6.42 Å².